The lowest BCUT2D eigenvalue weighted by Crippen LogP contribution is -2.46. The number of halogens is 1. The van der Waals surface area contributed by atoms with Crippen molar-refractivity contribution in [2.75, 3.05) is 43.0 Å². The van der Waals surface area contributed by atoms with Crippen LogP contribution in [0.5, 0.6) is 0 Å². The molecule has 1 aliphatic rings. The van der Waals surface area contributed by atoms with E-state index in [-0.39, 0.29) is 24.1 Å². The normalized spacial score (nSPS) is 14.0. The number of benzene rings is 2. The van der Waals surface area contributed by atoms with Crippen molar-refractivity contribution in [3.05, 3.63) is 82.5 Å². The molecule has 0 bridgehead atoms. The number of imidazole rings is 1. The maximum absolute atomic E-state index is 13.6. The van der Waals surface area contributed by atoms with Crippen molar-refractivity contribution in [1.29, 1.82) is 0 Å². The quantitative estimate of drug-likeness (QED) is 0.217. The molecule has 11 heteroatoms. The molecule has 0 atom stereocenters. The van der Waals surface area contributed by atoms with Crippen LogP contribution in [0.25, 0.3) is 11.0 Å². The van der Waals surface area contributed by atoms with Crippen LogP contribution in [-0.2, 0) is 18.0 Å². The van der Waals surface area contributed by atoms with Crippen LogP contribution in [-0.4, -0.2) is 69.4 Å². The molecule has 1 fully saturated rings. The minimum Gasteiger partial charge on any atom is -0.427 e. The Morgan fingerprint density at radius 3 is 2.31 bits per heavy atom. The summed E-state index contributed by atoms with van der Waals surface area (Å²) in [5, 5.41) is 0. The molecule has 0 radical (unpaired) electrons. The number of rotatable bonds is 11. The van der Waals surface area contributed by atoms with Gasteiger partial charge in [-0.05, 0) is 54.5 Å². The zero-order valence-corrected chi connectivity index (χ0v) is 26.9. The van der Waals surface area contributed by atoms with Crippen LogP contribution in [0.2, 0.25) is 0 Å². The first-order valence-electron chi connectivity index (χ1n) is 15.8. The van der Waals surface area contributed by atoms with E-state index in [9.17, 15) is 14.0 Å². The molecule has 0 saturated carbocycles. The molecular weight excluding hydrogens is 573 g/mol. The number of carbonyl (C=O) groups excluding carboxylic acids is 1. The summed E-state index contributed by atoms with van der Waals surface area (Å²) in [7, 11) is 1.94. The number of ether oxygens (including phenoxy) is 1. The van der Waals surface area contributed by atoms with Crippen LogP contribution < -0.4 is 15.4 Å². The number of fused-ring (bicyclic) bond motifs is 1. The van der Waals surface area contributed by atoms with E-state index in [0.717, 1.165) is 48.5 Å². The summed E-state index contributed by atoms with van der Waals surface area (Å²) in [5.41, 5.74) is 2.68. The first-order chi connectivity index (χ1) is 21.6. The minimum atomic E-state index is -0.432. The van der Waals surface area contributed by atoms with Crippen molar-refractivity contribution in [3.63, 3.8) is 0 Å². The number of aromatic nitrogens is 4. The van der Waals surface area contributed by atoms with Gasteiger partial charge in [0.2, 0.25) is 11.9 Å². The number of para-hydroxylation sites is 2. The maximum atomic E-state index is 13.6. The van der Waals surface area contributed by atoms with Gasteiger partial charge in [-0.3, -0.25) is 4.79 Å². The zero-order valence-electron chi connectivity index (χ0n) is 26.9. The second kappa shape index (κ2) is 14.1. The number of hydrogen-bond acceptors (Lipinski definition) is 7. The topological polar surface area (TPSA) is 88.7 Å². The summed E-state index contributed by atoms with van der Waals surface area (Å²) in [5.74, 6) is 1.69. The number of hydrogen-bond donors (Lipinski definition) is 0. The summed E-state index contributed by atoms with van der Waals surface area (Å²) in [6.07, 6.45) is 2.71. The molecule has 2 aromatic heterocycles. The third-order valence-corrected chi connectivity index (χ3v) is 8.16. The smallest absolute Gasteiger partial charge is 0.411 e. The van der Waals surface area contributed by atoms with E-state index in [4.69, 9.17) is 9.72 Å². The highest BCUT2D eigenvalue weighted by Gasteiger charge is 2.28. The summed E-state index contributed by atoms with van der Waals surface area (Å²) < 4.78 is 22.9. The van der Waals surface area contributed by atoms with Crippen molar-refractivity contribution in [1.82, 2.24) is 24.0 Å². The second-order valence-corrected chi connectivity index (χ2v) is 12.7. The minimum absolute atomic E-state index is 0.116. The maximum Gasteiger partial charge on any atom is 0.411 e. The molecule has 10 nitrogen and oxygen atoms in total. The van der Waals surface area contributed by atoms with Gasteiger partial charge in [-0.25, -0.2) is 23.7 Å². The van der Waals surface area contributed by atoms with Crippen molar-refractivity contribution < 1.29 is 13.9 Å². The van der Waals surface area contributed by atoms with Gasteiger partial charge in [-0.2, -0.15) is 0 Å². The van der Waals surface area contributed by atoms with E-state index in [1.54, 1.807) is 4.90 Å². The lowest BCUT2D eigenvalue weighted by molar-refractivity contribution is 0.0674. The van der Waals surface area contributed by atoms with Crippen molar-refractivity contribution in [2.45, 2.75) is 59.9 Å². The van der Waals surface area contributed by atoms with Gasteiger partial charge in [0.25, 0.3) is 5.56 Å². The number of anilines is 2. The van der Waals surface area contributed by atoms with Gasteiger partial charge >= 0.3 is 6.09 Å². The van der Waals surface area contributed by atoms with Crippen LogP contribution in [0.1, 0.15) is 46.1 Å². The fourth-order valence-electron chi connectivity index (χ4n) is 5.99. The molecule has 0 aliphatic carbocycles. The number of piperidine rings is 1. The van der Waals surface area contributed by atoms with E-state index in [1.165, 1.54) is 29.0 Å². The van der Waals surface area contributed by atoms with Gasteiger partial charge in [0, 0.05) is 51.5 Å². The lowest BCUT2D eigenvalue weighted by Gasteiger charge is -2.38. The first kappa shape index (κ1) is 32.0. The van der Waals surface area contributed by atoms with E-state index in [2.05, 4.69) is 48.2 Å². The van der Waals surface area contributed by atoms with Crippen LogP contribution in [0.15, 0.2) is 65.6 Å². The highest BCUT2D eigenvalue weighted by molar-refractivity contribution is 5.79. The number of amides is 1. The van der Waals surface area contributed by atoms with Gasteiger partial charge in [0.05, 0.1) is 17.6 Å². The van der Waals surface area contributed by atoms with Crippen LogP contribution >= 0.6 is 0 Å². The Balaban J connectivity index is 1.29. The predicted octanol–water partition coefficient (Wildman–Crippen LogP) is 5.59. The Bertz CT molecular complexity index is 1630. The molecule has 0 unspecified atom stereocenters. The molecule has 5 rings (SSSR count). The third kappa shape index (κ3) is 7.64. The van der Waals surface area contributed by atoms with Gasteiger partial charge in [0.1, 0.15) is 5.82 Å². The zero-order chi connectivity index (χ0) is 32.1. The van der Waals surface area contributed by atoms with E-state index in [1.807, 2.05) is 42.3 Å². The lowest BCUT2D eigenvalue weighted by atomic mass is 10.0. The largest absolute Gasteiger partial charge is 0.427 e. The SMILES string of the molecule is CC(C)CN(CC(C)C)C(=O)OCn1c(N(C)C2CCN(c3nc4ccccc4n3Cc3ccc(F)cc3)CC2)nccc1=O. The van der Waals surface area contributed by atoms with E-state index >= 15 is 0 Å². The van der Waals surface area contributed by atoms with Gasteiger partial charge in [-0.15, -0.1) is 0 Å². The van der Waals surface area contributed by atoms with Crippen LogP contribution in [0.4, 0.5) is 21.1 Å². The summed E-state index contributed by atoms with van der Waals surface area (Å²) in [6.45, 7) is 11.3. The molecule has 240 valence electrons. The Morgan fingerprint density at radius 2 is 1.64 bits per heavy atom. The Hall–Kier alpha value is -4.41. The predicted molar refractivity (Wildman–Crippen MR) is 175 cm³/mol. The van der Waals surface area contributed by atoms with Gasteiger partial charge in [0.15, 0.2) is 6.73 Å². The molecule has 1 aliphatic heterocycles. The highest BCUT2D eigenvalue weighted by atomic mass is 19.1. The Morgan fingerprint density at radius 1 is 0.978 bits per heavy atom. The molecule has 1 saturated heterocycles. The average molecular weight is 618 g/mol. The van der Waals surface area contributed by atoms with Gasteiger partial charge < -0.3 is 24.0 Å². The van der Waals surface area contributed by atoms with Crippen molar-refractivity contribution in [2.24, 2.45) is 11.8 Å². The highest BCUT2D eigenvalue weighted by Crippen LogP contribution is 2.28. The monoisotopic (exact) mass is 617 g/mol. The van der Waals surface area contributed by atoms with Gasteiger partial charge in [-0.1, -0.05) is 52.0 Å². The molecular formula is C34H44FN7O3. The van der Waals surface area contributed by atoms with Crippen LogP contribution in [0.3, 0.4) is 0 Å². The van der Waals surface area contributed by atoms with E-state index in [0.29, 0.717) is 37.4 Å². The van der Waals surface area contributed by atoms with Crippen molar-refractivity contribution in [3.8, 4) is 0 Å². The summed E-state index contributed by atoms with van der Waals surface area (Å²) >= 11 is 0. The molecule has 0 N–H and O–H groups in total. The Labute approximate surface area is 264 Å². The first-order valence-corrected chi connectivity index (χ1v) is 15.8. The number of carbonyl (C=O) groups is 1. The molecule has 4 aromatic rings. The Kier molecular flexibility index (Phi) is 10.0. The fourth-order valence-corrected chi connectivity index (χ4v) is 5.99. The third-order valence-electron chi connectivity index (χ3n) is 8.16. The molecule has 0 spiro atoms. The number of nitrogens with zero attached hydrogens (tertiary/aromatic N) is 7. The van der Waals surface area contributed by atoms with Crippen LogP contribution in [0, 0.1) is 17.7 Å². The van der Waals surface area contributed by atoms with E-state index < -0.39 is 6.09 Å². The summed E-state index contributed by atoms with van der Waals surface area (Å²) in [6, 6.07) is 16.2. The fraction of sp³-hybridized carbons (Fsp3) is 0.471. The molecule has 3 heterocycles. The molecule has 1 amide bonds. The summed E-state index contributed by atoms with van der Waals surface area (Å²) in [4.78, 5) is 41.5. The van der Waals surface area contributed by atoms with Crippen molar-refractivity contribution >= 4 is 29.0 Å². The average Bonchev–Trinajstić information content (AvgIpc) is 3.38. The standard InChI is InChI=1S/C34H44FN7O3/c1-24(2)20-40(21-25(3)4)34(44)45-23-42-31(43)14-17-36-32(42)38(5)28-15-18-39(19-16-28)33-37-29-8-6-7-9-30(29)41(33)22-26-10-12-27(35)13-11-26/h6-14,17,24-25,28H,15-16,18-23H2,1-5H3. The molecule has 2 aromatic carbocycles. The molecule has 45 heavy (non-hydrogen) atoms. The second-order valence-electron chi connectivity index (χ2n) is 12.7.